The van der Waals surface area contributed by atoms with Crippen molar-refractivity contribution >= 4 is 11.8 Å². The molecule has 0 bridgehead atoms. The third-order valence-corrected chi connectivity index (χ3v) is 6.87. The minimum atomic E-state index is -0.116. The lowest BCUT2D eigenvalue weighted by molar-refractivity contribution is -0.124. The van der Waals surface area contributed by atoms with Gasteiger partial charge in [0.05, 0.1) is 19.2 Å². The second kappa shape index (κ2) is 10.8. The molecule has 0 spiro atoms. The number of aryl methyl sites for hydroxylation is 1. The highest BCUT2D eigenvalue weighted by Gasteiger charge is 2.36. The van der Waals surface area contributed by atoms with Crippen molar-refractivity contribution in [1.29, 1.82) is 0 Å². The van der Waals surface area contributed by atoms with Crippen LogP contribution in [0.1, 0.15) is 60.0 Å². The molecule has 6 nitrogen and oxygen atoms in total. The van der Waals surface area contributed by atoms with Gasteiger partial charge in [-0.2, -0.15) is 0 Å². The van der Waals surface area contributed by atoms with E-state index in [1.807, 2.05) is 35.2 Å². The van der Waals surface area contributed by atoms with E-state index in [4.69, 9.17) is 4.74 Å². The van der Waals surface area contributed by atoms with Crippen molar-refractivity contribution in [3.8, 4) is 5.75 Å². The summed E-state index contributed by atoms with van der Waals surface area (Å²) < 4.78 is 5.27. The average molecular weight is 450 g/mol. The van der Waals surface area contributed by atoms with Gasteiger partial charge >= 0.3 is 0 Å². The second-order valence-corrected chi connectivity index (χ2v) is 9.27. The van der Waals surface area contributed by atoms with Gasteiger partial charge in [-0.3, -0.25) is 9.59 Å². The van der Waals surface area contributed by atoms with Gasteiger partial charge in [-0.1, -0.05) is 42.7 Å². The highest BCUT2D eigenvalue weighted by atomic mass is 16.5. The Morgan fingerprint density at radius 3 is 2.55 bits per heavy atom. The molecule has 0 aromatic heterocycles. The van der Waals surface area contributed by atoms with E-state index < -0.39 is 0 Å². The molecular weight excluding hydrogens is 414 g/mol. The second-order valence-electron chi connectivity index (χ2n) is 9.27. The first kappa shape index (κ1) is 23.3. The van der Waals surface area contributed by atoms with E-state index in [0.29, 0.717) is 12.1 Å². The fourth-order valence-electron chi connectivity index (χ4n) is 5.09. The third-order valence-electron chi connectivity index (χ3n) is 6.87. The lowest BCUT2D eigenvalue weighted by atomic mass is 9.88. The standard InChI is InChI=1S/C27H35N3O3/c1-19-7-5-8-20(17-19)18-30(27(32)21-12-14-22(33-2)15-13-21)25-11-4-3-9-23(25)29-26(31)24-10-6-16-28-24/h5,7-8,12-15,17,23-25,28H,3-4,6,9-11,16,18H2,1-2H3,(H,29,31)/t23?,24-,25-/m1/s1. The maximum Gasteiger partial charge on any atom is 0.254 e. The summed E-state index contributed by atoms with van der Waals surface area (Å²) in [6, 6.07) is 15.4. The van der Waals surface area contributed by atoms with Crippen molar-refractivity contribution in [3.63, 3.8) is 0 Å². The van der Waals surface area contributed by atoms with Crippen LogP contribution in [0.2, 0.25) is 0 Å². The maximum atomic E-state index is 13.8. The third kappa shape index (κ3) is 5.74. The van der Waals surface area contributed by atoms with E-state index in [1.165, 1.54) is 5.56 Å². The Kier molecular flexibility index (Phi) is 7.65. The summed E-state index contributed by atoms with van der Waals surface area (Å²) >= 11 is 0. The average Bonchev–Trinajstić information content (AvgIpc) is 3.38. The van der Waals surface area contributed by atoms with Gasteiger partial charge < -0.3 is 20.3 Å². The summed E-state index contributed by atoms with van der Waals surface area (Å²) in [5, 5.41) is 6.59. The summed E-state index contributed by atoms with van der Waals surface area (Å²) in [4.78, 5) is 28.7. The van der Waals surface area contributed by atoms with Gasteiger partial charge in [-0.05, 0) is 69.0 Å². The lowest BCUT2D eigenvalue weighted by Crippen LogP contribution is -2.57. The van der Waals surface area contributed by atoms with Crippen molar-refractivity contribution in [3.05, 3.63) is 65.2 Å². The summed E-state index contributed by atoms with van der Waals surface area (Å²) in [5.41, 5.74) is 2.91. The smallest absolute Gasteiger partial charge is 0.254 e. The topological polar surface area (TPSA) is 70.7 Å². The molecule has 1 unspecified atom stereocenters. The Hall–Kier alpha value is -2.86. The van der Waals surface area contributed by atoms with Crippen LogP contribution in [0.4, 0.5) is 0 Å². The number of carbonyl (C=O) groups is 2. The molecule has 1 saturated carbocycles. The number of nitrogens with one attached hydrogen (secondary N) is 2. The Labute approximate surface area is 196 Å². The molecule has 2 fully saturated rings. The van der Waals surface area contributed by atoms with Crippen LogP contribution in [0.5, 0.6) is 5.75 Å². The number of benzene rings is 2. The summed E-state index contributed by atoms with van der Waals surface area (Å²) in [5.74, 6) is 0.782. The quantitative estimate of drug-likeness (QED) is 0.674. The van der Waals surface area contributed by atoms with E-state index in [-0.39, 0.29) is 29.9 Å². The molecule has 1 aliphatic carbocycles. The van der Waals surface area contributed by atoms with Gasteiger partial charge in [0.25, 0.3) is 5.91 Å². The molecule has 2 N–H and O–H groups in total. The van der Waals surface area contributed by atoms with Crippen molar-refractivity contribution in [2.24, 2.45) is 0 Å². The van der Waals surface area contributed by atoms with E-state index in [1.54, 1.807) is 7.11 Å². The number of carbonyl (C=O) groups excluding carboxylic acids is 2. The Bertz CT molecular complexity index is 953. The molecule has 6 heteroatoms. The predicted molar refractivity (Wildman–Crippen MR) is 129 cm³/mol. The van der Waals surface area contributed by atoms with Gasteiger partial charge in [-0.25, -0.2) is 0 Å². The maximum absolute atomic E-state index is 13.8. The Balaban J connectivity index is 1.60. The van der Waals surface area contributed by atoms with Crippen molar-refractivity contribution < 1.29 is 14.3 Å². The molecule has 4 rings (SSSR count). The van der Waals surface area contributed by atoms with Crippen LogP contribution in [-0.2, 0) is 11.3 Å². The first-order valence-corrected chi connectivity index (χ1v) is 12.1. The van der Waals surface area contributed by atoms with Gasteiger partial charge in [0.1, 0.15) is 5.75 Å². The minimum Gasteiger partial charge on any atom is -0.497 e. The Morgan fingerprint density at radius 2 is 1.85 bits per heavy atom. The van der Waals surface area contributed by atoms with Crippen molar-refractivity contribution in [1.82, 2.24) is 15.5 Å². The van der Waals surface area contributed by atoms with Crippen molar-refractivity contribution in [2.45, 2.75) is 70.1 Å². The number of hydrogen-bond donors (Lipinski definition) is 2. The number of rotatable bonds is 7. The molecule has 3 atom stereocenters. The SMILES string of the molecule is COc1ccc(C(=O)N(Cc2cccc(C)c2)[C@@H]2CCCCC2NC(=O)[C@H]2CCCN2)cc1. The van der Waals surface area contributed by atoms with Crippen LogP contribution in [0.25, 0.3) is 0 Å². The van der Waals surface area contributed by atoms with Crippen LogP contribution >= 0.6 is 0 Å². The van der Waals surface area contributed by atoms with Crippen LogP contribution in [0.3, 0.4) is 0 Å². The molecular formula is C27H35N3O3. The zero-order valence-corrected chi connectivity index (χ0v) is 19.7. The molecule has 1 saturated heterocycles. The van der Waals surface area contributed by atoms with Gasteiger partial charge in [0.2, 0.25) is 5.91 Å². The lowest BCUT2D eigenvalue weighted by Gasteiger charge is -2.41. The number of methoxy groups -OCH3 is 1. The first-order valence-electron chi connectivity index (χ1n) is 12.1. The monoisotopic (exact) mass is 449 g/mol. The van der Waals surface area contributed by atoms with Crippen LogP contribution < -0.4 is 15.4 Å². The Morgan fingerprint density at radius 1 is 1.06 bits per heavy atom. The van der Waals surface area contributed by atoms with E-state index in [2.05, 4.69) is 35.8 Å². The van der Waals surface area contributed by atoms with Crippen molar-refractivity contribution in [2.75, 3.05) is 13.7 Å². The normalized spacial score (nSPS) is 22.5. The summed E-state index contributed by atoms with van der Waals surface area (Å²) in [7, 11) is 1.62. The molecule has 2 amide bonds. The predicted octanol–water partition coefficient (Wildman–Crippen LogP) is 3.83. The first-order chi connectivity index (χ1) is 16.0. The molecule has 2 aromatic carbocycles. The zero-order chi connectivity index (χ0) is 23.2. The van der Waals surface area contributed by atoms with Gasteiger partial charge in [0.15, 0.2) is 0 Å². The fraction of sp³-hybridized carbons (Fsp3) is 0.481. The largest absolute Gasteiger partial charge is 0.497 e. The molecule has 2 aromatic rings. The highest BCUT2D eigenvalue weighted by Crippen LogP contribution is 2.27. The van der Waals surface area contributed by atoms with E-state index in [0.717, 1.165) is 56.4 Å². The van der Waals surface area contributed by atoms with E-state index >= 15 is 0 Å². The zero-order valence-electron chi connectivity index (χ0n) is 19.7. The molecule has 33 heavy (non-hydrogen) atoms. The van der Waals surface area contributed by atoms with Gasteiger partial charge in [-0.15, -0.1) is 0 Å². The van der Waals surface area contributed by atoms with Gasteiger partial charge in [0, 0.05) is 18.2 Å². The molecule has 2 aliphatic rings. The molecule has 1 heterocycles. The van der Waals surface area contributed by atoms with Crippen LogP contribution in [0, 0.1) is 6.92 Å². The number of hydrogen-bond acceptors (Lipinski definition) is 4. The number of ether oxygens (including phenoxy) is 1. The summed E-state index contributed by atoms with van der Waals surface area (Å²) in [6.07, 6.45) is 5.80. The van der Waals surface area contributed by atoms with Crippen LogP contribution in [0.15, 0.2) is 48.5 Å². The van der Waals surface area contributed by atoms with Crippen LogP contribution in [-0.4, -0.2) is 48.5 Å². The molecule has 176 valence electrons. The minimum absolute atomic E-state index is 0.00991. The molecule has 0 radical (unpaired) electrons. The fourth-order valence-corrected chi connectivity index (χ4v) is 5.09. The number of amides is 2. The summed E-state index contributed by atoms with van der Waals surface area (Å²) in [6.45, 7) is 3.48. The van der Waals surface area contributed by atoms with E-state index in [9.17, 15) is 9.59 Å². The number of nitrogens with zero attached hydrogens (tertiary/aromatic N) is 1. The highest BCUT2D eigenvalue weighted by molar-refractivity contribution is 5.94. The molecule has 1 aliphatic heterocycles.